The van der Waals surface area contributed by atoms with E-state index in [1.165, 1.54) is 39.3 Å². The molecule has 8 heteroatoms. The lowest BCUT2D eigenvalue weighted by Crippen LogP contribution is -2.38. The second-order valence-electron chi connectivity index (χ2n) is 3.70. The van der Waals surface area contributed by atoms with Crippen molar-refractivity contribution in [1.29, 1.82) is 0 Å². The summed E-state index contributed by atoms with van der Waals surface area (Å²) in [5.74, 6) is -0.634. The van der Waals surface area contributed by atoms with E-state index in [0.717, 1.165) is 0 Å². The summed E-state index contributed by atoms with van der Waals surface area (Å²) < 4.78 is 35.9. The molecule has 7 nitrogen and oxygen atoms in total. The van der Waals surface area contributed by atoms with Crippen molar-refractivity contribution in [3.05, 3.63) is 18.2 Å². The Kier molecular flexibility index (Phi) is 4.73. The Bertz CT molecular complexity index is 569. The zero-order valence-corrected chi connectivity index (χ0v) is 11.5. The molecule has 19 heavy (non-hydrogen) atoms. The molecule has 1 aromatic rings. The number of benzene rings is 1. The van der Waals surface area contributed by atoms with Crippen molar-refractivity contribution in [3.8, 4) is 11.5 Å². The van der Waals surface area contributed by atoms with E-state index in [1.54, 1.807) is 0 Å². The number of sulfonamides is 1. The smallest absolute Gasteiger partial charge is 0.321 e. The van der Waals surface area contributed by atoms with Crippen molar-refractivity contribution in [3.63, 3.8) is 0 Å². The van der Waals surface area contributed by atoms with Gasteiger partial charge in [0.25, 0.3) is 0 Å². The maximum atomic E-state index is 11.9. The van der Waals surface area contributed by atoms with E-state index in [1.807, 2.05) is 4.72 Å². The number of aliphatic carboxylic acids is 1. The third kappa shape index (κ3) is 3.58. The fourth-order valence-corrected chi connectivity index (χ4v) is 2.55. The average Bonchev–Trinajstić information content (AvgIpc) is 2.37. The number of carboxylic acids is 1. The van der Waals surface area contributed by atoms with Crippen LogP contribution in [0.15, 0.2) is 23.1 Å². The van der Waals surface area contributed by atoms with Gasteiger partial charge >= 0.3 is 5.97 Å². The lowest BCUT2D eigenvalue weighted by Gasteiger charge is -2.12. The van der Waals surface area contributed by atoms with Crippen LogP contribution in [0.1, 0.15) is 6.92 Å². The maximum absolute atomic E-state index is 11.9. The van der Waals surface area contributed by atoms with E-state index in [0.29, 0.717) is 5.75 Å². The monoisotopic (exact) mass is 289 g/mol. The Labute approximate surface area is 111 Å². The van der Waals surface area contributed by atoms with Crippen molar-refractivity contribution < 1.29 is 27.8 Å². The number of carbonyl (C=O) groups is 1. The summed E-state index contributed by atoms with van der Waals surface area (Å²) in [6, 6.07) is 2.77. The van der Waals surface area contributed by atoms with E-state index in [4.69, 9.17) is 14.6 Å². The Morgan fingerprint density at radius 1 is 1.26 bits per heavy atom. The summed E-state index contributed by atoms with van der Waals surface area (Å²) >= 11 is 0. The van der Waals surface area contributed by atoms with E-state index in [-0.39, 0.29) is 10.6 Å². The number of nitrogens with one attached hydrogen (secondary N) is 1. The molecule has 1 rings (SSSR count). The Balaban J connectivity index is 3.12. The van der Waals surface area contributed by atoms with E-state index in [2.05, 4.69) is 0 Å². The highest BCUT2D eigenvalue weighted by Gasteiger charge is 2.22. The van der Waals surface area contributed by atoms with Crippen molar-refractivity contribution in [2.45, 2.75) is 17.9 Å². The number of rotatable bonds is 6. The molecule has 1 aromatic carbocycles. The van der Waals surface area contributed by atoms with E-state index >= 15 is 0 Å². The molecular weight excluding hydrogens is 274 g/mol. The van der Waals surface area contributed by atoms with Crippen molar-refractivity contribution >= 4 is 16.0 Å². The molecule has 0 spiro atoms. The molecule has 106 valence electrons. The zero-order valence-electron chi connectivity index (χ0n) is 10.7. The largest absolute Gasteiger partial charge is 0.493 e. The Hall–Kier alpha value is -1.80. The van der Waals surface area contributed by atoms with Crippen LogP contribution in [0.3, 0.4) is 0 Å². The summed E-state index contributed by atoms with van der Waals surface area (Å²) in [6.07, 6.45) is 0. The van der Waals surface area contributed by atoms with Crippen LogP contribution in [0.2, 0.25) is 0 Å². The van der Waals surface area contributed by atoms with Gasteiger partial charge in [0.1, 0.15) is 6.04 Å². The molecule has 0 aromatic heterocycles. The highest BCUT2D eigenvalue weighted by molar-refractivity contribution is 7.89. The quantitative estimate of drug-likeness (QED) is 0.788. The Morgan fingerprint density at radius 3 is 2.32 bits per heavy atom. The minimum Gasteiger partial charge on any atom is -0.493 e. The van der Waals surface area contributed by atoms with Gasteiger partial charge in [0, 0.05) is 6.07 Å². The number of carboxylic acid groups (broad SMARTS) is 1. The zero-order chi connectivity index (χ0) is 14.6. The minimum absolute atomic E-state index is 0.0988. The predicted molar refractivity (Wildman–Crippen MR) is 67.0 cm³/mol. The van der Waals surface area contributed by atoms with Gasteiger partial charge in [0.05, 0.1) is 19.1 Å². The molecule has 0 fully saturated rings. The summed E-state index contributed by atoms with van der Waals surface area (Å²) in [4.78, 5) is 10.6. The second-order valence-corrected chi connectivity index (χ2v) is 5.41. The number of hydrogen-bond acceptors (Lipinski definition) is 5. The first kappa shape index (κ1) is 15.3. The normalized spacial score (nSPS) is 12.8. The van der Waals surface area contributed by atoms with Crippen LogP contribution in [0.4, 0.5) is 0 Å². The van der Waals surface area contributed by atoms with E-state index < -0.39 is 22.0 Å². The fourth-order valence-electron chi connectivity index (χ4n) is 1.33. The molecule has 0 heterocycles. The molecule has 0 aliphatic rings. The standard InChI is InChI=1S/C11H15NO6S/c1-7(11(13)14)12-19(15,16)8-4-5-9(17-2)10(6-8)18-3/h4-7,12H,1-3H3,(H,13,14)/t7-/m0/s1. The van der Waals surface area contributed by atoms with Gasteiger partial charge in [-0.05, 0) is 19.1 Å². The number of ether oxygens (including phenoxy) is 2. The van der Waals surface area contributed by atoms with Crippen LogP contribution < -0.4 is 14.2 Å². The molecule has 0 amide bonds. The van der Waals surface area contributed by atoms with Gasteiger partial charge in [-0.1, -0.05) is 0 Å². The lowest BCUT2D eigenvalue weighted by molar-refractivity contribution is -0.138. The molecule has 1 atom stereocenters. The third-order valence-corrected chi connectivity index (χ3v) is 3.91. The average molecular weight is 289 g/mol. The first-order chi connectivity index (χ1) is 8.81. The molecule has 2 N–H and O–H groups in total. The van der Waals surface area contributed by atoms with Gasteiger partial charge in [-0.3, -0.25) is 4.79 Å². The van der Waals surface area contributed by atoms with Crippen LogP contribution in [0, 0.1) is 0 Å². The minimum atomic E-state index is -3.93. The molecule has 0 unspecified atom stereocenters. The second kappa shape index (κ2) is 5.89. The van der Waals surface area contributed by atoms with Gasteiger partial charge in [-0.25, -0.2) is 8.42 Å². The maximum Gasteiger partial charge on any atom is 0.321 e. The SMILES string of the molecule is COc1ccc(S(=O)(=O)N[C@@H](C)C(=O)O)cc1OC. The topological polar surface area (TPSA) is 102 Å². The molecule has 0 aliphatic carbocycles. The van der Waals surface area contributed by atoms with Crippen LogP contribution in [0.5, 0.6) is 11.5 Å². The third-order valence-electron chi connectivity index (χ3n) is 2.37. The highest BCUT2D eigenvalue weighted by atomic mass is 32.2. The van der Waals surface area contributed by atoms with Gasteiger partial charge < -0.3 is 14.6 Å². The number of methoxy groups -OCH3 is 2. The summed E-state index contributed by atoms with van der Waals surface area (Å²) in [5.41, 5.74) is 0. The summed E-state index contributed by atoms with van der Waals surface area (Å²) in [7, 11) is -1.12. The molecule has 0 bridgehead atoms. The van der Waals surface area contributed by atoms with Gasteiger partial charge in [0.15, 0.2) is 11.5 Å². The van der Waals surface area contributed by atoms with Crippen molar-refractivity contribution in [2.24, 2.45) is 0 Å². The van der Waals surface area contributed by atoms with Crippen LogP contribution in [-0.2, 0) is 14.8 Å². The predicted octanol–water partition coefficient (Wildman–Crippen LogP) is 0.455. The number of hydrogen-bond donors (Lipinski definition) is 2. The summed E-state index contributed by atoms with van der Waals surface area (Å²) in [5, 5.41) is 8.70. The van der Waals surface area contributed by atoms with Gasteiger partial charge in [-0.15, -0.1) is 0 Å². The summed E-state index contributed by atoms with van der Waals surface area (Å²) in [6.45, 7) is 1.24. The van der Waals surface area contributed by atoms with Crippen LogP contribution >= 0.6 is 0 Å². The van der Waals surface area contributed by atoms with Crippen molar-refractivity contribution in [1.82, 2.24) is 4.72 Å². The first-order valence-corrected chi connectivity index (χ1v) is 6.77. The molecular formula is C11H15NO6S. The molecule has 0 aliphatic heterocycles. The molecule has 0 saturated heterocycles. The van der Waals surface area contributed by atoms with Gasteiger partial charge in [-0.2, -0.15) is 4.72 Å². The first-order valence-electron chi connectivity index (χ1n) is 5.29. The van der Waals surface area contributed by atoms with Gasteiger partial charge in [0.2, 0.25) is 10.0 Å². The van der Waals surface area contributed by atoms with Crippen molar-refractivity contribution in [2.75, 3.05) is 14.2 Å². The Morgan fingerprint density at radius 2 is 1.84 bits per heavy atom. The van der Waals surface area contributed by atoms with Crippen LogP contribution in [0.25, 0.3) is 0 Å². The van der Waals surface area contributed by atoms with Crippen LogP contribution in [-0.4, -0.2) is 39.8 Å². The molecule has 0 radical (unpaired) electrons. The fraction of sp³-hybridized carbons (Fsp3) is 0.364. The highest BCUT2D eigenvalue weighted by Crippen LogP contribution is 2.29. The lowest BCUT2D eigenvalue weighted by atomic mass is 10.3. The van der Waals surface area contributed by atoms with E-state index in [9.17, 15) is 13.2 Å². The molecule has 0 saturated carbocycles.